The van der Waals surface area contributed by atoms with E-state index >= 15 is 0 Å². The van der Waals surface area contributed by atoms with Crippen molar-refractivity contribution in [1.82, 2.24) is 5.32 Å². The van der Waals surface area contributed by atoms with Crippen LogP contribution in [0.2, 0.25) is 0 Å². The maximum atomic E-state index is 12.6. The van der Waals surface area contributed by atoms with Crippen LogP contribution < -0.4 is 15.0 Å². The number of amides is 2. The van der Waals surface area contributed by atoms with E-state index < -0.39 is 5.92 Å². The van der Waals surface area contributed by atoms with Crippen LogP contribution in [0.4, 0.5) is 5.69 Å². The van der Waals surface area contributed by atoms with Gasteiger partial charge in [0, 0.05) is 13.0 Å². The molecule has 2 unspecified atom stereocenters. The number of aryl methyl sites for hydroxylation is 1. The van der Waals surface area contributed by atoms with Gasteiger partial charge >= 0.3 is 0 Å². The van der Waals surface area contributed by atoms with Gasteiger partial charge in [0.2, 0.25) is 11.8 Å². The van der Waals surface area contributed by atoms with E-state index in [9.17, 15) is 9.59 Å². The highest BCUT2D eigenvalue weighted by molar-refractivity contribution is 6.01. The normalized spacial score (nSPS) is 18.0. The first-order chi connectivity index (χ1) is 12.5. The van der Waals surface area contributed by atoms with Crippen LogP contribution in [0.25, 0.3) is 0 Å². The molecule has 2 atom stereocenters. The van der Waals surface area contributed by atoms with Gasteiger partial charge in [0.15, 0.2) is 0 Å². The summed E-state index contributed by atoms with van der Waals surface area (Å²) in [6, 6.07) is 10.9. The maximum absolute atomic E-state index is 12.6. The average molecular weight is 356 g/mol. The highest BCUT2D eigenvalue weighted by atomic mass is 16.5. The smallest absolute Gasteiger partial charge is 0.227 e. The molecule has 1 aliphatic rings. The second kappa shape index (κ2) is 7.64. The molecule has 1 saturated heterocycles. The minimum atomic E-state index is -0.393. The van der Waals surface area contributed by atoms with E-state index in [0.29, 0.717) is 30.3 Å². The zero-order valence-electron chi connectivity index (χ0n) is 15.3. The van der Waals surface area contributed by atoms with Crippen molar-refractivity contribution in [3.8, 4) is 5.75 Å². The molecule has 138 valence electrons. The molecule has 0 aliphatic carbocycles. The van der Waals surface area contributed by atoms with Crippen LogP contribution >= 0.6 is 0 Å². The monoisotopic (exact) mass is 356 g/mol. The lowest BCUT2D eigenvalue weighted by molar-refractivity contribution is -0.127. The SMILES string of the molecule is CCOc1ccccc1N1CC(C(=O)NC(C)c2ccc(C)o2)CC1=O. The fourth-order valence-corrected chi connectivity index (χ4v) is 3.16. The molecular weight excluding hydrogens is 332 g/mol. The number of benzene rings is 1. The molecule has 0 spiro atoms. The Kier molecular flexibility index (Phi) is 5.30. The third-order valence-electron chi connectivity index (χ3n) is 4.50. The van der Waals surface area contributed by atoms with Crippen molar-refractivity contribution in [2.24, 2.45) is 5.92 Å². The number of ether oxygens (including phenoxy) is 1. The van der Waals surface area contributed by atoms with Gasteiger partial charge in [0.1, 0.15) is 17.3 Å². The van der Waals surface area contributed by atoms with Gasteiger partial charge in [-0.2, -0.15) is 0 Å². The van der Waals surface area contributed by atoms with E-state index in [1.807, 2.05) is 57.2 Å². The number of hydrogen-bond acceptors (Lipinski definition) is 4. The molecule has 0 radical (unpaired) electrons. The standard InChI is InChI=1S/C20H24N2O4/c1-4-25-18-8-6-5-7-16(18)22-12-15(11-19(22)23)20(24)21-14(3)17-10-9-13(2)26-17/h5-10,14-15H,4,11-12H2,1-3H3,(H,21,24). The van der Waals surface area contributed by atoms with Gasteiger partial charge in [-0.1, -0.05) is 12.1 Å². The Hall–Kier alpha value is -2.76. The van der Waals surface area contributed by atoms with E-state index in [4.69, 9.17) is 9.15 Å². The molecule has 6 heteroatoms. The largest absolute Gasteiger partial charge is 0.492 e. The lowest BCUT2D eigenvalue weighted by Crippen LogP contribution is -2.34. The molecule has 0 saturated carbocycles. The summed E-state index contributed by atoms with van der Waals surface area (Å²) in [4.78, 5) is 26.7. The second-order valence-corrected chi connectivity index (χ2v) is 6.48. The van der Waals surface area contributed by atoms with Crippen LogP contribution in [-0.2, 0) is 9.59 Å². The van der Waals surface area contributed by atoms with E-state index in [2.05, 4.69) is 5.32 Å². The third kappa shape index (κ3) is 3.74. The van der Waals surface area contributed by atoms with Crippen LogP contribution in [-0.4, -0.2) is 25.0 Å². The summed E-state index contributed by atoms with van der Waals surface area (Å²) in [5.74, 6) is 1.56. The van der Waals surface area contributed by atoms with Gasteiger partial charge < -0.3 is 19.4 Å². The molecule has 6 nitrogen and oxygen atoms in total. The van der Waals surface area contributed by atoms with E-state index in [0.717, 1.165) is 5.76 Å². The molecule has 2 aromatic rings. The number of anilines is 1. The molecule has 0 bridgehead atoms. The van der Waals surface area contributed by atoms with Crippen LogP contribution in [0, 0.1) is 12.8 Å². The number of rotatable bonds is 6. The van der Waals surface area contributed by atoms with Crippen LogP contribution in [0.3, 0.4) is 0 Å². The molecule has 1 aromatic carbocycles. The lowest BCUT2D eigenvalue weighted by Gasteiger charge is -2.20. The molecule has 2 amide bonds. The Morgan fingerprint density at radius 2 is 2.12 bits per heavy atom. The van der Waals surface area contributed by atoms with Crippen LogP contribution in [0.15, 0.2) is 40.8 Å². The Bertz CT molecular complexity index is 799. The Labute approximate surface area is 153 Å². The summed E-state index contributed by atoms with van der Waals surface area (Å²) in [6.07, 6.45) is 0.191. The number of para-hydroxylation sites is 2. The summed E-state index contributed by atoms with van der Waals surface area (Å²) in [5, 5.41) is 2.94. The lowest BCUT2D eigenvalue weighted by atomic mass is 10.1. The zero-order valence-corrected chi connectivity index (χ0v) is 15.3. The molecule has 1 aliphatic heterocycles. The van der Waals surface area contributed by atoms with Gasteiger partial charge in [0.05, 0.1) is 24.3 Å². The second-order valence-electron chi connectivity index (χ2n) is 6.48. The van der Waals surface area contributed by atoms with Crippen molar-refractivity contribution in [3.63, 3.8) is 0 Å². The van der Waals surface area contributed by atoms with Crippen molar-refractivity contribution in [1.29, 1.82) is 0 Å². The average Bonchev–Trinajstić information content (AvgIpc) is 3.22. The highest BCUT2D eigenvalue weighted by Gasteiger charge is 2.36. The maximum Gasteiger partial charge on any atom is 0.227 e. The van der Waals surface area contributed by atoms with E-state index in [1.165, 1.54) is 0 Å². The molecule has 1 aromatic heterocycles. The first kappa shape index (κ1) is 18.0. The minimum absolute atomic E-state index is 0.0706. The van der Waals surface area contributed by atoms with Gasteiger partial charge in [-0.25, -0.2) is 0 Å². The van der Waals surface area contributed by atoms with Gasteiger partial charge in [-0.3, -0.25) is 9.59 Å². The molecule has 3 rings (SSSR count). The number of nitrogens with zero attached hydrogens (tertiary/aromatic N) is 1. The Morgan fingerprint density at radius 1 is 1.35 bits per heavy atom. The molecule has 1 fully saturated rings. The van der Waals surface area contributed by atoms with Crippen molar-refractivity contribution in [2.75, 3.05) is 18.1 Å². The predicted molar refractivity (Wildman–Crippen MR) is 98.1 cm³/mol. The number of nitrogens with one attached hydrogen (secondary N) is 1. The summed E-state index contributed by atoms with van der Waals surface area (Å²) in [7, 11) is 0. The highest BCUT2D eigenvalue weighted by Crippen LogP contribution is 2.33. The summed E-state index contributed by atoms with van der Waals surface area (Å²) < 4.78 is 11.2. The predicted octanol–water partition coefficient (Wildman–Crippen LogP) is 3.22. The minimum Gasteiger partial charge on any atom is -0.492 e. The quantitative estimate of drug-likeness (QED) is 0.863. The fraction of sp³-hybridized carbons (Fsp3) is 0.400. The van der Waals surface area contributed by atoms with Gasteiger partial charge in [0.25, 0.3) is 0 Å². The van der Waals surface area contributed by atoms with Gasteiger partial charge in [-0.05, 0) is 45.0 Å². The number of furan rings is 1. The summed E-state index contributed by atoms with van der Waals surface area (Å²) in [5.41, 5.74) is 0.712. The third-order valence-corrected chi connectivity index (χ3v) is 4.50. The van der Waals surface area contributed by atoms with Crippen LogP contribution in [0.1, 0.15) is 37.8 Å². The van der Waals surface area contributed by atoms with E-state index in [1.54, 1.807) is 4.90 Å². The zero-order chi connectivity index (χ0) is 18.7. The first-order valence-corrected chi connectivity index (χ1v) is 8.88. The first-order valence-electron chi connectivity index (χ1n) is 8.88. The Balaban J connectivity index is 1.68. The van der Waals surface area contributed by atoms with Gasteiger partial charge in [-0.15, -0.1) is 0 Å². The summed E-state index contributed by atoms with van der Waals surface area (Å²) in [6.45, 7) is 6.49. The number of hydrogen-bond donors (Lipinski definition) is 1. The van der Waals surface area contributed by atoms with Crippen molar-refractivity contribution < 1.29 is 18.7 Å². The van der Waals surface area contributed by atoms with Crippen molar-refractivity contribution in [2.45, 2.75) is 33.2 Å². The number of carbonyl (C=O) groups excluding carboxylic acids is 2. The topological polar surface area (TPSA) is 71.8 Å². The Morgan fingerprint density at radius 3 is 2.81 bits per heavy atom. The van der Waals surface area contributed by atoms with Crippen molar-refractivity contribution >= 4 is 17.5 Å². The van der Waals surface area contributed by atoms with E-state index in [-0.39, 0.29) is 24.3 Å². The molecule has 1 N–H and O–H groups in total. The molecular formula is C20H24N2O4. The fourth-order valence-electron chi connectivity index (χ4n) is 3.16. The molecule has 2 heterocycles. The number of carbonyl (C=O) groups is 2. The van der Waals surface area contributed by atoms with Crippen molar-refractivity contribution in [3.05, 3.63) is 47.9 Å². The van der Waals surface area contributed by atoms with Crippen LogP contribution in [0.5, 0.6) is 5.75 Å². The molecule has 26 heavy (non-hydrogen) atoms. The summed E-state index contributed by atoms with van der Waals surface area (Å²) >= 11 is 0.